The Labute approximate surface area is 118 Å². The lowest BCUT2D eigenvalue weighted by molar-refractivity contribution is -0.0884. The molecule has 0 aromatic carbocycles. The largest absolute Gasteiger partial charge is 0.365 e. The summed E-state index contributed by atoms with van der Waals surface area (Å²) < 4.78 is 12.9. The molecule has 2 heterocycles. The van der Waals surface area contributed by atoms with E-state index >= 15 is 0 Å². The molecule has 2 aliphatic rings. The van der Waals surface area contributed by atoms with E-state index in [1.165, 1.54) is 0 Å². The summed E-state index contributed by atoms with van der Waals surface area (Å²) in [7, 11) is 0. The Bertz CT molecular complexity index is 357. The van der Waals surface area contributed by atoms with Gasteiger partial charge in [-0.3, -0.25) is 0 Å². The predicted molar refractivity (Wildman–Crippen MR) is 77.3 cm³/mol. The van der Waals surface area contributed by atoms with Gasteiger partial charge in [0, 0.05) is 10.3 Å². The summed E-state index contributed by atoms with van der Waals surface area (Å²) in [6.45, 7) is 9.08. The molecule has 0 saturated carbocycles. The number of halogens is 1. The van der Waals surface area contributed by atoms with Gasteiger partial charge in [-0.25, -0.2) is 0 Å². The summed E-state index contributed by atoms with van der Waals surface area (Å²) in [5.41, 5.74) is -0.0921. The summed E-state index contributed by atoms with van der Waals surface area (Å²) in [5.74, 6) is 6.39. The van der Waals surface area contributed by atoms with Crippen LogP contribution in [0, 0.1) is 17.8 Å². The number of hydrogen-bond acceptors (Lipinski definition) is 2. The standard InChI is InChI=1S/C14H21IO2/c1-5-6-7-16-12-9-14(10(2)3)11(15)8-13(12,4)17-14/h10-12H,7-9H2,1-4H3. The van der Waals surface area contributed by atoms with Crippen molar-refractivity contribution in [3.63, 3.8) is 0 Å². The van der Waals surface area contributed by atoms with Gasteiger partial charge in [0.1, 0.15) is 6.61 Å². The van der Waals surface area contributed by atoms with E-state index in [1.807, 2.05) is 6.92 Å². The lowest BCUT2D eigenvalue weighted by Crippen LogP contribution is -2.45. The number of rotatable bonds is 3. The zero-order valence-electron chi connectivity index (χ0n) is 11.0. The molecule has 0 N–H and O–H groups in total. The third kappa shape index (κ3) is 2.13. The molecule has 2 fully saturated rings. The minimum absolute atomic E-state index is 0.0135. The molecule has 4 atom stereocenters. The first-order valence-corrected chi connectivity index (χ1v) is 7.54. The van der Waals surface area contributed by atoms with Crippen molar-refractivity contribution in [2.24, 2.45) is 5.92 Å². The monoisotopic (exact) mass is 348 g/mol. The minimum Gasteiger partial charge on any atom is -0.365 e. The van der Waals surface area contributed by atoms with E-state index in [0.717, 1.165) is 12.8 Å². The van der Waals surface area contributed by atoms with Crippen LogP contribution in [0.25, 0.3) is 0 Å². The summed E-state index contributed by atoms with van der Waals surface area (Å²) in [4.78, 5) is 0. The van der Waals surface area contributed by atoms with E-state index < -0.39 is 0 Å². The van der Waals surface area contributed by atoms with Gasteiger partial charge in [0.25, 0.3) is 0 Å². The lowest BCUT2D eigenvalue weighted by Gasteiger charge is -2.35. The average molecular weight is 348 g/mol. The van der Waals surface area contributed by atoms with Crippen molar-refractivity contribution in [3.05, 3.63) is 0 Å². The maximum atomic E-state index is 6.38. The molecule has 0 radical (unpaired) electrons. The minimum atomic E-state index is -0.106. The fraction of sp³-hybridized carbons (Fsp3) is 0.857. The smallest absolute Gasteiger partial charge is 0.108 e. The Balaban J connectivity index is 2.12. The maximum Gasteiger partial charge on any atom is 0.108 e. The van der Waals surface area contributed by atoms with Gasteiger partial charge < -0.3 is 9.47 Å². The maximum absolute atomic E-state index is 6.38. The Morgan fingerprint density at radius 3 is 2.71 bits per heavy atom. The molecule has 0 spiro atoms. The zero-order valence-corrected chi connectivity index (χ0v) is 13.2. The van der Waals surface area contributed by atoms with E-state index in [1.54, 1.807) is 0 Å². The van der Waals surface area contributed by atoms with E-state index in [4.69, 9.17) is 9.47 Å². The van der Waals surface area contributed by atoms with Crippen molar-refractivity contribution in [2.45, 2.75) is 61.8 Å². The molecule has 0 aromatic rings. The molecular formula is C14H21IO2. The van der Waals surface area contributed by atoms with Gasteiger partial charge >= 0.3 is 0 Å². The second-order valence-electron chi connectivity index (χ2n) is 5.63. The van der Waals surface area contributed by atoms with Crippen LogP contribution in [-0.2, 0) is 9.47 Å². The molecule has 3 heteroatoms. The van der Waals surface area contributed by atoms with Crippen LogP contribution in [0.3, 0.4) is 0 Å². The van der Waals surface area contributed by atoms with Crippen molar-refractivity contribution >= 4 is 22.6 Å². The van der Waals surface area contributed by atoms with Gasteiger partial charge in [0.2, 0.25) is 0 Å². The number of ether oxygens (including phenoxy) is 2. The number of fused-ring (bicyclic) bond motifs is 2. The van der Waals surface area contributed by atoms with E-state index in [9.17, 15) is 0 Å². The molecule has 2 aliphatic heterocycles. The fourth-order valence-corrected chi connectivity index (χ4v) is 5.08. The molecule has 2 bridgehead atoms. The summed E-state index contributed by atoms with van der Waals surface area (Å²) >= 11 is 2.55. The topological polar surface area (TPSA) is 18.5 Å². The molecule has 0 aromatic heterocycles. The van der Waals surface area contributed by atoms with E-state index in [0.29, 0.717) is 16.4 Å². The highest BCUT2D eigenvalue weighted by Gasteiger charge is 2.65. The summed E-state index contributed by atoms with van der Waals surface area (Å²) in [6, 6.07) is 0. The third-order valence-corrected chi connectivity index (χ3v) is 5.73. The highest BCUT2D eigenvalue weighted by molar-refractivity contribution is 14.1. The van der Waals surface area contributed by atoms with E-state index in [-0.39, 0.29) is 17.3 Å². The molecule has 2 rings (SSSR count). The number of hydrogen-bond donors (Lipinski definition) is 0. The first-order valence-electron chi connectivity index (χ1n) is 6.30. The van der Waals surface area contributed by atoms with E-state index in [2.05, 4.69) is 55.2 Å². The van der Waals surface area contributed by atoms with Crippen LogP contribution in [0.1, 0.15) is 40.5 Å². The molecule has 96 valence electrons. The second kappa shape index (κ2) is 4.71. The van der Waals surface area contributed by atoms with Crippen molar-refractivity contribution in [1.29, 1.82) is 0 Å². The predicted octanol–water partition coefficient (Wildman–Crippen LogP) is 3.18. The normalized spacial score (nSPS) is 43.9. The molecule has 0 amide bonds. The third-order valence-electron chi connectivity index (χ3n) is 4.23. The first-order chi connectivity index (χ1) is 7.94. The quantitative estimate of drug-likeness (QED) is 0.443. The van der Waals surface area contributed by atoms with Crippen molar-refractivity contribution in [2.75, 3.05) is 6.61 Å². The zero-order chi connectivity index (χ0) is 12.7. The highest BCUT2D eigenvalue weighted by Crippen LogP contribution is 2.57. The second-order valence-corrected chi connectivity index (χ2v) is 7.13. The summed E-state index contributed by atoms with van der Waals surface area (Å²) in [5, 5.41) is 0. The van der Waals surface area contributed by atoms with Crippen LogP contribution in [0.5, 0.6) is 0 Å². The molecule has 0 aliphatic carbocycles. The van der Waals surface area contributed by atoms with Crippen LogP contribution >= 0.6 is 22.6 Å². The highest BCUT2D eigenvalue weighted by atomic mass is 127. The molecule has 2 nitrogen and oxygen atoms in total. The van der Waals surface area contributed by atoms with Gasteiger partial charge in [-0.15, -0.1) is 5.92 Å². The van der Waals surface area contributed by atoms with Gasteiger partial charge in [-0.2, -0.15) is 0 Å². The lowest BCUT2D eigenvalue weighted by atomic mass is 9.75. The van der Waals surface area contributed by atoms with Gasteiger partial charge in [-0.05, 0) is 26.2 Å². The number of alkyl halides is 1. The Morgan fingerprint density at radius 2 is 2.18 bits per heavy atom. The Hall–Kier alpha value is 0.210. The van der Waals surface area contributed by atoms with Crippen LogP contribution in [-0.4, -0.2) is 27.8 Å². The van der Waals surface area contributed by atoms with Crippen molar-refractivity contribution in [1.82, 2.24) is 0 Å². The Morgan fingerprint density at radius 1 is 1.47 bits per heavy atom. The van der Waals surface area contributed by atoms with Crippen LogP contribution in [0.4, 0.5) is 0 Å². The molecule has 2 saturated heterocycles. The van der Waals surface area contributed by atoms with Gasteiger partial charge in [-0.1, -0.05) is 42.4 Å². The van der Waals surface area contributed by atoms with Crippen LogP contribution in [0.15, 0.2) is 0 Å². The molecule has 4 unspecified atom stereocenters. The molecular weight excluding hydrogens is 327 g/mol. The van der Waals surface area contributed by atoms with Crippen LogP contribution < -0.4 is 0 Å². The van der Waals surface area contributed by atoms with Gasteiger partial charge in [0.15, 0.2) is 0 Å². The summed E-state index contributed by atoms with van der Waals surface area (Å²) in [6.07, 6.45) is 2.31. The first kappa shape index (κ1) is 13.6. The fourth-order valence-electron chi connectivity index (χ4n) is 3.11. The average Bonchev–Trinajstić information content (AvgIpc) is 2.67. The van der Waals surface area contributed by atoms with Crippen LogP contribution in [0.2, 0.25) is 0 Å². The Kier molecular flexibility index (Phi) is 3.78. The van der Waals surface area contributed by atoms with Crippen molar-refractivity contribution in [3.8, 4) is 11.8 Å². The SMILES string of the molecule is CC#CCOC1CC2(C(C)C)OC1(C)CC2I. The van der Waals surface area contributed by atoms with Gasteiger partial charge in [0.05, 0.1) is 17.3 Å². The molecule has 17 heavy (non-hydrogen) atoms. The van der Waals surface area contributed by atoms with Crippen molar-refractivity contribution < 1.29 is 9.47 Å².